The molecule has 16 heavy (non-hydrogen) atoms. The zero-order valence-corrected chi connectivity index (χ0v) is 10.1. The third-order valence-electron chi connectivity index (χ3n) is 3.12. The highest BCUT2D eigenvalue weighted by atomic mass is 19.3. The second-order valence-corrected chi connectivity index (χ2v) is 4.31. The molecule has 0 spiro atoms. The Morgan fingerprint density at radius 2 is 2.06 bits per heavy atom. The molecule has 0 aliphatic carbocycles. The summed E-state index contributed by atoms with van der Waals surface area (Å²) in [5.74, 6) is -3.69. The smallest absolute Gasteiger partial charge is 0.259 e. The molecule has 1 atom stereocenters. The molecule has 4 heteroatoms. The van der Waals surface area contributed by atoms with E-state index in [0.717, 1.165) is 5.57 Å². The molecular weight excluding hydrogens is 212 g/mol. The maximum Gasteiger partial charge on any atom is 0.259 e. The van der Waals surface area contributed by atoms with Crippen LogP contribution in [0.4, 0.5) is 8.78 Å². The van der Waals surface area contributed by atoms with Crippen molar-refractivity contribution in [2.75, 3.05) is 13.2 Å². The van der Waals surface area contributed by atoms with Gasteiger partial charge in [0, 0.05) is 12.1 Å². The van der Waals surface area contributed by atoms with Crippen LogP contribution in [0.1, 0.15) is 33.6 Å². The Morgan fingerprint density at radius 3 is 2.50 bits per heavy atom. The van der Waals surface area contributed by atoms with Gasteiger partial charge in [0.05, 0.1) is 19.1 Å². The lowest BCUT2D eigenvalue weighted by Gasteiger charge is -2.33. The summed E-state index contributed by atoms with van der Waals surface area (Å²) in [7, 11) is 0. The number of nitrogens with one attached hydrogen (secondary N) is 1. The van der Waals surface area contributed by atoms with E-state index in [4.69, 9.17) is 10.1 Å². The van der Waals surface area contributed by atoms with Gasteiger partial charge in [0.25, 0.3) is 5.92 Å². The van der Waals surface area contributed by atoms with Crippen LogP contribution in [0.15, 0.2) is 11.1 Å². The van der Waals surface area contributed by atoms with Crippen LogP contribution >= 0.6 is 0 Å². The highest BCUT2D eigenvalue weighted by Gasteiger charge is 2.45. The number of hydrogen-bond acceptors (Lipinski definition) is 2. The van der Waals surface area contributed by atoms with E-state index in [2.05, 4.69) is 0 Å². The van der Waals surface area contributed by atoms with Crippen molar-refractivity contribution >= 4 is 5.71 Å². The van der Waals surface area contributed by atoms with Crippen molar-refractivity contribution < 1.29 is 13.5 Å². The minimum atomic E-state index is -2.74. The Morgan fingerprint density at radius 1 is 1.44 bits per heavy atom. The fourth-order valence-electron chi connectivity index (χ4n) is 2.07. The largest absolute Gasteiger partial charge is 0.380 e. The fraction of sp³-hybridized carbons (Fsp3) is 0.750. The number of ether oxygens (including phenoxy) is 1. The molecule has 1 aliphatic heterocycles. The molecule has 1 saturated heterocycles. The summed E-state index contributed by atoms with van der Waals surface area (Å²) in [4.78, 5) is 0. The lowest BCUT2D eigenvalue weighted by Crippen LogP contribution is -2.40. The van der Waals surface area contributed by atoms with Gasteiger partial charge in [-0.1, -0.05) is 12.5 Å². The molecule has 1 aliphatic rings. The van der Waals surface area contributed by atoms with Gasteiger partial charge in [0.15, 0.2) is 0 Å². The molecule has 2 nitrogen and oxygen atoms in total. The third kappa shape index (κ3) is 2.67. The highest BCUT2D eigenvalue weighted by molar-refractivity contribution is 5.97. The zero-order valence-electron chi connectivity index (χ0n) is 10.1. The molecule has 0 aromatic carbocycles. The standard InChI is InChI=1S/C12H19F2NO/c1-4-8(2)11(9(3)15)10-7-16-6-5-12(10,13)14/h10,15H,4-7H2,1-3H3. The summed E-state index contributed by atoms with van der Waals surface area (Å²) in [6.45, 7) is 5.44. The van der Waals surface area contributed by atoms with Crippen molar-refractivity contribution in [1.29, 1.82) is 5.41 Å². The lowest BCUT2D eigenvalue weighted by atomic mass is 9.84. The Hall–Kier alpha value is -0.770. The molecule has 0 radical (unpaired) electrons. The predicted molar refractivity (Wildman–Crippen MR) is 60.3 cm³/mol. The summed E-state index contributed by atoms with van der Waals surface area (Å²) < 4.78 is 32.7. The first-order valence-electron chi connectivity index (χ1n) is 5.61. The van der Waals surface area contributed by atoms with Crippen molar-refractivity contribution in [3.8, 4) is 0 Å². The van der Waals surface area contributed by atoms with Crippen LogP contribution in [0.2, 0.25) is 0 Å². The molecule has 0 bridgehead atoms. The fourth-order valence-corrected chi connectivity index (χ4v) is 2.07. The maximum absolute atomic E-state index is 13.8. The number of hydrogen-bond donors (Lipinski definition) is 1. The lowest BCUT2D eigenvalue weighted by molar-refractivity contribution is -0.126. The number of halogens is 2. The number of allylic oxidation sites excluding steroid dienone is 1. The number of alkyl halides is 2. The van der Waals surface area contributed by atoms with Crippen molar-refractivity contribution in [2.45, 2.75) is 39.5 Å². The molecular formula is C12H19F2NO. The number of rotatable bonds is 3. The van der Waals surface area contributed by atoms with Crippen LogP contribution in [0.25, 0.3) is 0 Å². The summed E-state index contributed by atoms with van der Waals surface area (Å²) in [6, 6.07) is 0. The summed E-state index contributed by atoms with van der Waals surface area (Å²) >= 11 is 0. The molecule has 1 unspecified atom stereocenters. The molecule has 92 valence electrons. The van der Waals surface area contributed by atoms with Gasteiger partial charge < -0.3 is 10.1 Å². The summed E-state index contributed by atoms with van der Waals surface area (Å²) in [5.41, 5.74) is 1.57. The van der Waals surface area contributed by atoms with E-state index in [1.54, 1.807) is 6.92 Å². The summed E-state index contributed by atoms with van der Waals surface area (Å²) in [6.07, 6.45) is 0.448. The van der Waals surface area contributed by atoms with Crippen molar-refractivity contribution in [3.05, 3.63) is 11.1 Å². The second kappa shape index (κ2) is 5.04. The van der Waals surface area contributed by atoms with Gasteiger partial charge in [-0.05, 0) is 25.8 Å². The van der Waals surface area contributed by atoms with Crippen molar-refractivity contribution in [3.63, 3.8) is 0 Å². The first-order chi connectivity index (χ1) is 7.40. The molecule has 1 heterocycles. The van der Waals surface area contributed by atoms with E-state index >= 15 is 0 Å². The van der Waals surface area contributed by atoms with Crippen LogP contribution < -0.4 is 0 Å². The van der Waals surface area contributed by atoms with Gasteiger partial charge in [0.2, 0.25) is 0 Å². The average Bonchev–Trinajstić information content (AvgIpc) is 2.20. The molecule has 1 N–H and O–H groups in total. The van der Waals surface area contributed by atoms with E-state index in [9.17, 15) is 8.78 Å². The van der Waals surface area contributed by atoms with Crippen LogP contribution in [-0.4, -0.2) is 24.8 Å². The second-order valence-electron chi connectivity index (χ2n) is 4.31. The normalized spacial score (nSPS) is 26.2. The van der Waals surface area contributed by atoms with E-state index in [0.29, 0.717) is 12.0 Å². The minimum absolute atomic E-state index is 0.0237. The van der Waals surface area contributed by atoms with Gasteiger partial charge in [-0.15, -0.1) is 0 Å². The van der Waals surface area contributed by atoms with Crippen molar-refractivity contribution in [2.24, 2.45) is 5.92 Å². The van der Waals surface area contributed by atoms with Gasteiger partial charge in [-0.3, -0.25) is 0 Å². The molecule has 1 rings (SSSR count). The Balaban J connectivity index is 3.07. The van der Waals surface area contributed by atoms with Gasteiger partial charge in [0.1, 0.15) is 0 Å². The minimum Gasteiger partial charge on any atom is -0.380 e. The van der Waals surface area contributed by atoms with E-state index < -0.39 is 11.8 Å². The van der Waals surface area contributed by atoms with Crippen LogP contribution in [0.3, 0.4) is 0 Å². The maximum atomic E-state index is 13.8. The molecule has 0 aromatic heterocycles. The third-order valence-corrected chi connectivity index (χ3v) is 3.12. The van der Waals surface area contributed by atoms with Crippen LogP contribution in [-0.2, 0) is 4.74 Å². The highest BCUT2D eigenvalue weighted by Crippen LogP contribution is 2.38. The molecule has 0 amide bonds. The first-order valence-corrected chi connectivity index (χ1v) is 5.61. The Kier molecular flexibility index (Phi) is 4.19. The van der Waals surface area contributed by atoms with Gasteiger partial charge in [-0.2, -0.15) is 0 Å². The van der Waals surface area contributed by atoms with Crippen molar-refractivity contribution in [1.82, 2.24) is 0 Å². The Bertz CT molecular complexity index is 310. The average molecular weight is 231 g/mol. The van der Waals surface area contributed by atoms with Crippen LogP contribution in [0, 0.1) is 11.3 Å². The van der Waals surface area contributed by atoms with E-state index in [1.165, 1.54) is 0 Å². The molecule has 1 fully saturated rings. The zero-order chi connectivity index (χ0) is 12.3. The quantitative estimate of drug-likeness (QED) is 0.742. The van der Waals surface area contributed by atoms with E-state index in [-0.39, 0.29) is 25.3 Å². The first kappa shape index (κ1) is 13.3. The van der Waals surface area contributed by atoms with Crippen LogP contribution in [0.5, 0.6) is 0 Å². The molecule has 0 aromatic rings. The topological polar surface area (TPSA) is 33.1 Å². The summed E-state index contributed by atoms with van der Waals surface area (Å²) in [5, 5.41) is 7.65. The van der Waals surface area contributed by atoms with Gasteiger partial charge >= 0.3 is 0 Å². The molecule has 0 saturated carbocycles. The SMILES string of the molecule is CCC(C)=C(C(C)=N)C1COCCC1(F)F. The Labute approximate surface area is 95.2 Å². The monoisotopic (exact) mass is 231 g/mol. The van der Waals surface area contributed by atoms with E-state index in [1.807, 2.05) is 13.8 Å². The van der Waals surface area contributed by atoms with Gasteiger partial charge in [-0.25, -0.2) is 8.78 Å². The predicted octanol–water partition coefficient (Wildman–Crippen LogP) is 3.42.